The maximum absolute atomic E-state index is 11.4. The number of carbonyl (C=O) groups excluding carboxylic acids is 2. The number of nitrogens with zero attached hydrogens (tertiary/aromatic N) is 1. The average Bonchev–Trinajstić information content (AvgIpc) is 2.64. The summed E-state index contributed by atoms with van der Waals surface area (Å²) in [5.41, 5.74) is -0.965. The van der Waals surface area contributed by atoms with Crippen molar-refractivity contribution in [2.24, 2.45) is 0 Å². The Labute approximate surface area is 119 Å². The second kappa shape index (κ2) is 6.83. The van der Waals surface area contributed by atoms with Gasteiger partial charge in [-0.15, -0.1) is 0 Å². The molecule has 20 heavy (non-hydrogen) atoms. The molecule has 1 heterocycles. The lowest BCUT2D eigenvalue weighted by Crippen LogP contribution is -2.52. The first kappa shape index (κ1) is 16.6. The van der Waals surface area contributed by atoms with E-state index in [0.717, 1.165) is 0 Å². The van der Waals surface area contributed by atoms with E-state index >= 15 is 0 Å². The number of hydrogen-bond acceptors (Lipinski definition) is 4. The van der Waals surface area contributed by atoms with Gasteiger partial charge in [-0.2, -0.15) is 0 Å². The molecular formula is C14H24N2O4. The second-order valence-corrected chi connectivity index (χ2v) is 5.83. The zero-order chi connectivity index (χ0) is 15.3. The molecule has 2 amide bonds. The van der Waals surface area contributed by atoms with Crippen LogP contribution in [0.4, 0.5) is 0 Å². The lowest BCUT2D eigenvalue weighted by atomic mass is 9.94. The third kappa shape index (κ3) is 4.30. The van der Waals surface area contributed by atoms with Gasteiger partial charge in [-0.05, 0) is 40.0 Å². The van der Waals surface area contributed by atoms with Crippen LogP contribution < -0.4 is 5.32 Å². The van der Waals surface area contributed by atoms with Gasteiger partial charge in [-0.1, -0.05) is 0 Å². The Balaban J connectivity index is 2.40. The summed E-state index contributed by atoms with van der Waals surface area (Å²) in [5, 5.41) is 12.3. The molecule has 1 saturated heterocycles. The molecule has 1 fully saturated rings. The zero-order valence-corrected chi connectivity index (χ0v) is 12.4. The van der Waals surface area contributed by atoms with Crippen molar-refractivity contribution in [2.75, 3.05) is 6.54 Å². The molecule has 1 rings (SSSR count). The first-order valence-corrected chi connectivity index (χ1v) is 7.10. The number of aliphatic carboxylic acids is 1. The Morgan fingerprint density at radius 3 is 2.30 bits per heavy atom. The van der Waals surface area contributed by atoms with Crippen molar-refractivity contribution < 1.29 is 19.5 Å². The number of nitrogens with one attached hydrogen (secondary N) is 1. The van der Waals surface area contributed by atoms with Crippen LogP contribution in [-0.2, 0) is 14.4 Å². The van der Waals surface area contributed by atoms with Crippen molar-refractivity contribution >= 4 is 17.8 Å². The first-order valence-electron chi connectivity index (χ1n) is 7.10. The van der Waals surface area contributed by atoms with Gasteiger partial charge in [0.1, 0.15) is 5.54 Å². The van der Waals surface area contributed by atoms with Crippen LogP contribution in [0.25, 0.3) is 0 Å². The van der Waals surface area contributed by atoms with Crippen LogP contribution in [0.5, 0.6) is 0 Å². The zero-order valence-electron chi connectivity index (χ0n) is 12.4. The summed E-state index contributed by atoms with van der Waals surface area (Å²) in [5.74, 6) is -1.10. The van der Waals surface area contributed by atoms with Crippen molar-refractivity contribution in [2.45, 2.75) is 64.5 Å². The maximum atomic E-state index is 11.4. The van der Waals surface area contributed by atoms with Gasteiger partial charge < -0.3 is 5.11 Å². The molecule has 1 unspecified atom stereocenters. The summed E-state index contributed by atoms with van der Waals surface area (Å²) >= 11 is 0. The number of amides is 2. The number of likely N-dealkylation sites (tertiary alicyclic amines) is 1. The van der Waals surface area contributed by atoms with Gasteiger partial charge in [-0.3, -0.25) is 24.6 Å². The van der Waals surface area contributed by atoms with E-state index in [2.05, 4.69) is 5.32 Å². The van der Waals surface area contributed by atoms with Crippen LogP contribution in [0.2, 0.25) is 0 Å². The second-order valence-electron chi connectivity index (χ2n) is 5.83. The predicted octanol–water partition coefficient (Wildman–Crippen LogP) is 1.15. The minimum absolute atomic E-state index is 0.0813. The Kier molecular flexibility index (Phi) is 5.68. The monoisotopic (exact) mass is 284 g/mol. The standard InChI is InChI=1S/C14H24N2O4/c1-10(2)15-14(3,13(19)20)8-4-5-9-16-11(17)6-7-12(16)18/h10,15H,4-9H2,1-3H3,(H,19,20). The topological polar surface area (TPSA) is 86.7 Å². The Bertz CT molecular complexity index is 379. The third-order valence-electron chi connectivity index (χ3n) is 3.54. The van der Waals surface area contributed by atoms with Crippen LogP contribution in [0, 0.1) is 0 Å². The van der Waals surface area contributed by atoms with Crippen molar-refractivity contribution in [1.29, 1.82) is 0 Å². The molecule has 0 aliphatic carbocycles. The smallest absolute Gasteiger partial charge is 0.323 e. The molecule has 0 radical (unpaired) electrons. The molecule has 0 spiro atoms. The van der Waals surface area contributed by atoms with E-state index in [9.17, 15) is 19.5 Å². The molecule has 6 heteroatoms. The van der Waals surface area contributed by atoms with Crippen molar-refractivity contribution in [1.82, 2.24) is 10.2 Å². The molecule has 0 aromatic carbocycles. The molecule has 1 aliphatic rings. The van der Waals surface area contributed by atoms with Crippen LogP contribution in [-0.4, -0.2) is 45.9 Å². The third-order valence-corrected chi connectivity index (χ3v) is 3.54. The van der Waals surface area contributed by atoms with Crippen LogP contribution in [0.3, 0.4) is 0 Å². The molecule has 0 aromatic heterocycles. The fraction of sp³-hybridized carbons (Fsp3) is 0.786. The number of carboxylic acid groups (broad SMARTS) is 1. The van der Waals surface area contributed by atoms with E-state index in [1.165, 1.54) is 4.90 Å². The fourth-order valence-corrected chi connectivity index (χ4v) is 2.50. The van der Waals surface area contributed by atoms with E-state index < -0.39 is 11.5 Å². The highest BCUT2D eigenvalue weighted by atomic mass is 16.4. The maximum Gasteiger partial charge on any atom is 0.323 e. The van der Waals surface area contributed by atoms with E-state index in [0.29, 0.717) is 38.6 Å². The van der Waals surface area contributed by atoms with E-state index in [1.807, 2.05) is 13.8 Å². The van der Waals surface area contributed by atoms with Crippen molar-refractivity contribution in [3.05, 3.63) is 0 Å². The van der Waals surface area contributed by atoms with E-state index in [1.54, 1.807) is 6.92 Å². The SMILES string of the molecule is CC(C)NC(C)(CCCCN1C(=O)CCC1=O)C(=O)O. The van der Waals surface area contributed by atoms with E-state index in [4.69, 9.17) is 0 Å². The van der Waals surface area contributed by atoms with Crippen LogP contribution in [0.1, 0.15) is 52.9 Å². The number of carbonyl (C=O) groups is 3. The van der Waals surface area contributed by atoms with Gasteiger partial charge in [0.2, 0.25) is 11.8 Å². The molecule has 1 atom stereocenters. The highest BCUT2D eigenvalue weighted by molar-refractivity contribution is 6.01. The Hall–Kier alpha value is -1.43. The number of imide groups is 1. The number of unbranched alkanes of at least 4 members (excludes halogenated alkanes) is 1. The minimum atomic E-state index is -0.965. The molecule has 0 saturated carbocycles. The molecule has 2 N–H and O–H groups in total. The van der Waals surface area contributed by atoms with Gasteiger partial charge >= 0.3 is 5.97 Å². The Morgan fingerprint density at radius 2 is 1.85 bits per heavy atom. The highest BCUT2D eigenvalue weighted by Gasteiger charge is 2.33. The van der Waals surface area contributed by atoms with Gasteiger partial charge in [0.15, 0.2) is 0 Å². The lowest BCUT2D eigenvalue weighted by molar-refractivity contribution is -0.145. The van der Waals surface area contributed by atoms with Gasteiger partial charge in [0.05, 0.1) is 0 Å². The summed E-state index contributed by atoms with van der Waals surface area (Å²) in [6, 6.07) is 0.0813. The molecule has 114 valence electrons. The van der Waals surface area contributed by atoms with Crippen LogP contribution in [0.15, 0.2) is 0 Å². The molecule has 6 nitrogen and oxygen atoms in total. The molecule has 1 aliphatic heterocycles. The first-order chi connectivity index (χ1) is 9.26. The molecular weight excluding hydrogens is 260 g/mol. The van der Waals surface area contributed by atoms with Crippen molar-refractivity contribution in [3.8, 4) is 0 Å². The van der Waals surface area contributed by atoms with Gasteiger partial charge in [-0.25, -0.2) is 0 Å². The molecule has 0 aromatic rings. The number of rotatable bonds is 8. The normalized spacial score (nSPS) is 18.7. The highest BCUT2D eigenvalue weighted by Crippen LogP contribution is 2.17. The molecule has 0 bridgehead atoms. The van der Waals surface area contributed by atoms with E-state index in [-0.39, 0.29) is 17.9 Å². The van der Waals surface area contributed by atoms with Gasteiger partial charge in [0.25, 0.3) is 0 Å². The summed E-state index contributed by atoms with van der Waals surface area (Å²) in [7, 11) is 0. The fourth-order valence-electron chi connectivity index (χ4n) is 2.50. The summed E-state index contributed by atoms with van der Waals surface area (Å²) < 4.78 is 0. The summed E-state index contributed by atoms with van der Waals surface area (Å²) in [6.45, 7) is 5.88. The average molecular weight is 284 g/mol. The number of carboxylic acids is 1. The lowest BCUT2D eigenvalue weighted by Gasteiger charge is -2.29. The summed E-state index contributed by atoms with van der Waals surface area (Å²) in [6.07, 6.45) is 2.37. The predicted molar refractivity (Wildman–Crippen MR) is 74.1 cm³/mol. The Morgan fingerprint density at radius 1 is 1.30 bits per heavy atom. The quantitative estimate of drug-likeness (QED) is 0.516. The van der Waals surface area contributed by atoms with Crippen molar-refractivity contribution in [3.63, 3.8) is 0 Å². The number of hydrogen-bond donors (Lipinski definition) is 2. The minimum Gasteiger partial charge on any atom is -0.480 e. The van der Waals surface area contributed by atoms with Crippen LogP contribution >= 0.6 is 0 Å². The summed E-state index contributed by atoms with van der Waals surface area (Å²) in [4.78, 5) is 35.5. The largest absolute Gasteiger partial charge is 0.480 e. The van der Waals surface area contributed by atoms with Gasteiger partial charge in [0, 0.05) is 25.4 Å².